The van der Waals surface area contributed by atoms with Gasteiger partial charge in [0.1, 0.15) is 0 Å². The minimum atomic E-state index is -0.909. The number of benzene rings is 1. The van der Waals surface area contributed by atoms with Crippen molar-refractivity contribution in [1.82, 2.24) is 4.90 Å². The third kappa shape index (κ3) is 6.08. The number of amides is 2. The number of aliphatic carboxylic acids is 1. The number of carboxylic acid groups (broad SMARTS) is 1. The molecule has 0 spiro atoms. The Bertz CT molecular complexity index is 476. The van der Waals surface area contributed by atoms with E-state index in [4.69, 9.17) is 5.11 Å². The lowest BCUT2D eigenvalue weighted by molar-refractivity contribution is -0.141. The summed E-state index contributed by atoms with van der Waals surface area (Å²) in [6.07, 6.45) is 3.08. The van der Waals surface area contributed by atoms with Crippen LogP contribution in [0.5, 0.6) is 0 Å². The van der Waals surface area contributed by atoms with Gasteiger partial charge in [-0.25, -0.2) is 4.79 Å². The van der Waals surface area contributed by atoms with E-state index in [0.717, 1.165) is 12.2 Å². The van der Waals surface area contributed by atoms with Gasteiger partial charge in [0.15, 0.2) is 0 Å². The number of hydrogen-bond donors (Lipinski definition) is 2. The molecule has 6 heteroatoms. The highest BCUT2D eigenvalue weighted by Crippen LogP contribution is 2.12. The number of carbonyl (C=O) groups excluding carboxylic acids is 1. The zero-order valence-electron chi connectivity index (χ0n) is 12.6. The number of carboxylic acids is 1. The van der Waals surface area contributed by atoms with Crippen molar-refractivity contribution in [2.45, 2.75) is 13.3 Å². The number of urea groups is 1. The first-order valence-electron chi connectivity index (χ1n) is 6.77. The molecule has 0 aromatic heterocycles. The fourth-order valence-corrected chi connectivity index (χ4v) is 2.21. The number of hydrogen-bond acceptors (Lipinski definition) is 3. The number of nitrogens with zero attached hydrogens (tertiary/aromatic N) is 1. The monoisotopic (exact) mass is 310 g/mol. The summed E-state index contributed by atoms with van der Waals surface area (Å²) in [5.41, 5.74) is 1.94. The summed E-state index contributed by atoms with van der Waals surface area (Å²) in [5, 5.41) is 11.6. The van der Waals surface area contributed by atoms with E-state index < -0.39 is 11.9 Å². The molecule has 0 heterocycles. The van der Waals surface area contributed by atoms with Crippen molar-refractivity contribution in [3.05, 3.63) is 29.8 Å². The Morgan fingerprint density at radius 3 is 2.48 bits per heavy atom. The SMILES string of the molecule is CSCCc1ccc(NC(=O)N(C)CC(C)C(=O)O)cc1. The van der Waals surface area contributed by atoms with Gasteiger partial charge >= 0.3 is 12.0 Å². The van der Waals surface area contributed by atoms with E-state index >= 15 is 0 Å². The Labute approximate surface area is 129 Å². The summed E-state index contributed by atoms with van der Waals surface area (Å²) in [6, 6.07) is 7.40. The summed E-state index contributed by atoms with van der Waals surface area (Å²) in [6.45, 7) is 1.75. The van der Waals surface area contributed by atoms with Crippen LogP contribution in [0.25, 0.3) is 0 Å². The van der Waals surface area contributed by atoms with Gasteiger partial charge in [-0.3, -0.25) is 4.79 Å². The molecule has 116 valence electrons. The number of nitrogens with one attached hydrogen (secondary N) is 1. The topological polar surface area (TPSA) is 69.6 Å². The quantitative estimate of drug-likeness (QED) is 0.812. The first kappa shape index (κ1) is 17.4. The van der Waals surface area contributed by atoms with Crippen LogP contribution in [0, 0.1) is 5.92 Å². The second-order valence-corrected chi connectivity index (χ2v) is 5.98. The van der Waals surface area contributed by atoms with Crippen molar-refractivity contribution in [3.63, 3.8) is 0 Å². The van der Waals surface area contributed by atoms with E-state index in [0.29, 0.717) is 5.69 Å². The molecule has 2 amide bonds. The zero-order chi connectivity index (χ0) is 15.8. The van der Waals surface area contributed by atoms with Crippen molar-refractivity contribution in [2.24, 2.45) is 5.92 Å². The van der Waals surface area contributed by atoms with Gasteiger partial charge < -0.3 is 15.3 Å². The van der Waals surface area contributed by atoms with Crippen molar-refractivity contribution in [2.75, 3.05) is 30.9 Å². The molecule has 1 atom stereocenters. The van der Waals surface area contributed by atoms with E-state index in [1.165, 1.54) is 10.5 Å². The average molecular weight is 310 g/mol. The number of carbonyl (C=O) groups is 2. The Morgan fingerprint density at radius 1 is 1.33 bits per heavy atom. The van der Waals surface area contributed by atoms with Crippen molar-refractivity contribution in [3.8, 4) is 0 Å². The van der Waals surface area contributed by atoms with Crippen LogP contribution in [-0.2, 0) is 11.2 Å². The van der Waals surface area contributed by atoms with Crippen LogP contribution < -0.4 is 5.32 Å². The van der Waals surface area contributed by atoms with Gasteiger partial charge in [-0.15, -0.1) is 0 Å². The minimum absolute atomic E-state index is 0.174. The highest BCUT2D eigenvalue weighted by molar-refractivity contribution is 7.98. The molecule has 0 aliphatic heterocycles. The van der Waals surface area contributed by atoms with Crippen LogP contribution in [0.1, 0.15) is 12.5 Å². The smallest absolute Gasteiger partial charge is 0.321 e. The third-order valence-corrected chi connectivity index (χ3v) is 3.73. The molecular weight excluding hydrogens is 288 g/mol. The van der Waals surface area contributed by atoms with Crippen molar-refractivity contribution < 1.29 is 14.7 Å². The van der Waals surface area contributed by atoms with E-state index in [1.807, 2.05) is 24.3 Å². The molecule has 2 N–H and O–H groups in total. The summed E-state index contributed by atoms with van der Waals surface area (Å²) in [5.74, 6) is -0.427. The van der Waals surface area contributed by atoms with Crippen LogP contribution in [-0.4, -0.2) is 47.6 Å². The average Bonchev–Trinajstić information content (AvgIpc) is 2.46. The Balaban J connectivity index is 2.52. The first-order chi connectivity index (χ1) is 9.93. The van der Waals surface area contributed by atoms with Crippen LogP contribution >= 0.6 is 11.8 Å². The number of anilines is 1. The lowest BCUT2D eigenvalue weighted by Crippen LogP contribution is -2.36. The molecule has 5 nitrogen and oxygen atoms in total. The first-order valence-corrected chi connectivity index (χ1v) is 8.16. The van der Waals surface area contributed by atoms with Crippen LogP contribution in [0.4, 0.5) is 10.5 Å². The van der Waals surface area contributed by atoms with Crippen LogP contribution in [0.15, 0.2) is 24.3 Å². The summed E-state index contributed by atoms with van der Waals surface area (Å²) in [4.78, 5) is 24.1. The summed E-state index contributed by atoms with van der Waals surface area (Å²) < 4.78 is 0. The number of thioether (sulfide) groups is 1. The molecule has 1 aromatic rings. The molecule has 0 saturated carbocycles. The lowest BCUT2D eigenvalue weighted by Gasteiger charge is -2.20. The molecule has 0 saturated heterocycles. The largest absolute Gasteiger partial charge is 0.481 e. The zero-order valence-corrected chi connectivity index (χ0v) is 13.4. The van der Waals surface area contributed by atoms with Gasteiger partial charge in [-0.1, -0.05) is 19.1 Å². The van der Waals surface area contributed by atoms with Gasteiger partial charge in [0, 0.05) is 19.3 Å². The van der Waals surface area contributed by atoms with Gasteiger partial charge in [-0.05, 0) is 36.1 Å². The highest BCUT2D eigenvalue weighted by Gasteiger charge is 2.17. The van der Waals surface area contributed by atoms with Gasteiger partial charge in [0.05, 0.1) is 5.92 Å². The Kier molecular flexibility index (Phi) is 7.08. The third-order valence-electron chi connectivity index (χ3n) is 3.12. The van der Waals surface area contributed by atoms with Gasteiger partial charge in [0.2, 0.25) is 0 Å². The van der Waals surface area contributed by atoms with Gasteiger partial charge in [0.25, 0.3) is 0 Å². The van der Waals surface area contributed by atoms with Gasteiger partial charge in [-0.2, -0.15) is 11.8 Å². The molecule has 0 bridgehead atoms. The predicted molar refractivity (Wildman–Crippen MR) is 87.0 cm³/mol. The van der Waals surface area contributed by atoms with Crippen molar-refractivity contribution >= 4 is 29.4 Å². The Morgan fingerprint density at radius 2 is 1.95 bits per heavy atom. The maximum absolute atomic E-state index is 11.9. The normalized spacial score (nSPS) is 11.8. The molecule has 1 aromatic carbocycles. The predicted octanol–water partition coefficient (Wildman–Crippen LogP) is 2.78. The molecule has 0 radical (unpaired) electrons. The second-order valence-electron chi connectivity index (χ2n) is 4.99. The summed E-state index contributed by atoms with van der Waals surface area (Å²) >= 11 is 1.80. The van der Waals surface area contributed by atoms with E-state index in [-0.39, 0.29) is 12.6 Å². The second kappa shape index (κ2) is 8.56. The standard InChI is InChI=1S/C15H22N2O3S/c1-11(14(18)19)10-17(2)15(20)16-13-6-4-12(5-7-13)8-9-21-3/h4-7,11H,8-10H2,1-3H3,(H,16,20)(H,18,19). The van der Waals surface area contributed by atoms with Crippen LogP contribution in [0.3, 0.4) is 0 Å². The van der Waals surface area contributed by atoms with Crippen molar-refractivity contribution in [1.29, 1.82) is 0 Å². The van der Waals surface area contributed by atoms with E-state index in [1.54, 1.807) is 25.7 Å². The number of aryl methyl sites for hydroxylation is 1. The molecule has 1 rings (SSSR count). The van der Waals surface area contributed by atoms with Crippen LogP contribution in [0.2, 0.25) is 0 Å². The molecule has 0 aliphatic carbocycles. The molecule has 1 unspecified atom stereocenters. The molecule has 0 fully saturated rings. The maximum Gasteiger partial charge on any atom is 0.321 e. The lowest BCUT2D eigenvalue weighted by atomic mass is 10.1. The van der Waals surface area contributed by atoms with E-state index in [9.17, 15) is 9.59 Å². The summed E-state index contributed by atoms with van der Waals surface area (Å²) in [7, 11) is 1.58. The van der Waals surface area contributed by atoms with E-state index in [2.05, 4.69) is 11.6 Å². The molecular formula is C15H22N2O3S. The number of rotatable bonds is 7. The minimum Gasteiger partial charge on any atom is -0.481 e. The highest BCUT2D eigenvalue weighted by atomic mass is 32.2. The fourth-order valence-electron chi connectivity index (χ4n) is 1.77. The Hall–Kier alpha value is -1.69. The fraction of sp³-hybridized carbons (Fsp3) is 0.467. The molecule has 0 aliphatic rings. The molecule has 21 heavy (non-hydrogen) atoms. The maximum atomic E-state index is 11.9.